The molecule has 2 aromatic rings. The van der Waals surface area contributed by atoms with Crippen molar-refractivity contribution < 1.29 is 22.8 Å². The number of hydrogen-bond donors (Lipinski definition) is 1. The van der Waals surface area contributed by atoms with E-state index in [4.69, 9.17) is 0 Å². The van der Waals surface area contributed by atoms with Crippen molar-refractivity contribution in [3.63, 3.8) is 0 Å². The van der Waals surface area contributed by atoms with Crippen LogP contribution in [0.1, 0.15) is 32.8 Å². The highest BCUT2D eigenvalue weighted by atomic mass is 19.4. The molecule has 1 aromatic heterocycles. The lowest BCUT2D eigenvalue weighted by molar-refractivity contribution is -0.137. The second-order valence-electron chi connectivity index (χ2n) is 6.32. The second kappa shape index (κ2) is 7.83. The zero-order valence-corrected chi connectivity index (χ0v) is 14.7. The molecular formula is C18H17F3N4O3. The molecule has 1 fully saturated rings. The van der Waals surface area contributed by atoms with Crippen LogP contribution in [0.5, 0.6) is 0 Å². The van der Waals surface area contributed by atoms with Gasteiger partial charge in [-0.1, -0.05) is 0 Å². The van der Waals surface area contributed by atoms with Gasteiger partial charge in [0.05, 0.1) is 5.56 Å². The maximum atomic E-state index is 12.7. The Bertz CT molecular complexity index is 904. The number of hydrogen-bond acceptors (Lipinski definition) is 4. The van der Waals surface area contributed by atoms with Crippen LogP contribution in [0.25, 0.3) is 0 Å². The normalized spacial score (nSPS) is 15.2. The number of amides is 2. The van der Waals surface area contributed by atoms with Crippen molar-refractivity contribution in [3.05, 3.63) is 63.6 Å². The number of halogens is 3. The molecule has 0 atom stereocenters. The lowest BCUT2D eigenvalue weighted by Crippen LogP contribution is -2.37. The Morgan fingerprint density at radius 1 is 0.893 bits per heavy atom. The molecule has 1 aromatic carbocycles. The third-order valence-electron chi connectivity index (χ3n) is 4.43. The summed E-state index contributed by atoms with van der Waals surface area (Å²) in [6.45, 7) is 1.28. The first-order chi connectivity index (χ1) is 13.3. The van der Waals surface area contributed by atoms with E-state index < -0.39 is 17.3 Å². The zero-order valence-electron chi connectivity index (χ0n) is 14.7. The Hall–Kier alpha value is -3.17. The van der Waals surface area contributed by atoms with Crippen LogP contribution in [-0.4, -0.2) is 58.0 Å². The van der Waals surface area contributed by atoms with E-state index in [1.807, 2.05) is 0 Å². The molecular weight excluding hydrogens is 377 g/mol. The largest absolute Gasteiger partial charge is 0.416 e. The molecule has 3 rings (SSSR count). The van der Waals surface area contributed by atoms with Crippen molar-refractivity contribution >= 4 is 11.8 Å². The molecule has 2 heterocycles. The third-order valence-corrected chi connectivity index (χ3v) is 4.43. The number of carbonyl (C=O) groups is 2. The molecule has 0 spiro atoms. The molecule has 0 saturated carbocycles. The Labute approximate surface area is 157 Å². The number of rotatable bonds is 2. The van der Waals surface area contributed by atoms with E-state index in [1.54, 1.807) is 0 Å². The molecule has 0 aliphatic carbocycles. The quantitative estimate of drug-likeness (QED) is 0.841. The third kappa shape index (κ3) is 4.38. The van der Waals surface area contributed by atoms with Gasteiger partial charge in [0.2, 0.25) is 0 Å². The van der Waals surface area contributed by atoms with Crippen LogP contribution >= 0.6 is 0 Å². The first-order valence-electron chi connectivity index (χ1n) is 8.57. The topological polar surface area (TPSA) is 86.4 Å². The smallest absolute Gasteiger partial charge is 0.337 e. The van der Waals surface area contributed by atoms with Gasteiger partial charge in [0.25, 0.3) is 17.4 Å². The summed E-state index contributed by atoms with van der Waals surface area (Å²) >= 11 is 0. The molecule has 1 aliphatic heterocycles. The minimum Gasteiger partial charge on any atom is -0.337 e. The molecule has 10 heteroatoms. The van der Waals surface area contributed by atoms with Gasteiger partial charge in [-0.15, -0.1) is 0 Å². The molecule has 0 unspecified atom stereocenters. The first-order valence-corrected chi connectivity index (χ1v) is 8.57. The van der Waals surface area contributed by atoms with Gasteiger partial charge in [-0.3, -0.25) is 14.4 Å². The zero-order chi connectivity index (χ0) is 20.3. The maximum Gasteiger partial charge on any atom is 0.416 e. The van der Waals surface area contributed by atoms with Crippen molar-refractivity contribution in [1.82, 2.24) is 20.0 Å². The fourth-order valence-electron chi connectivity index (χ4n) is 2.93. The van der Waals surface area contributed by atoms with Gasteiger partial charge in [-0.2, -0.15) is 18.3 Å². The van der Waals surface area contributed by atoms with Crippen LogP contribution in [0.2, 0.25) is 0 Å². The van der Waals surface area contributed by atoms with E-state index in [2.05, 4.69) is 10.2 Å². The maximum absolute atomic E-state index is 12.7. The number of nitrogens with one attached hydrogen (secondary N) is 1. The minimum atomic E-state index is -4.46. The van der Waals surface area contributed by atoms with E-state index in [9.17, 15) is 27.6 Å². The van der Waals surface area contributed by atoms with Crippen LogP contribution in [0.15, 0.2) is 41.2 Å². The lowest BCUT2D eigenvalue weighted by atomic mass is 10.1. The molecule has 0 radical (unpaired) electrons. The van der Waals surface area contributed by atoms with Gasteiger partial charge in [0.1, 0.15) is 5.69 Å². The van der Waals surface area contributed by atoms with E-state index >= 15 is 0 Å². The Kier molecular flexibility index (Phi) is 5.48. The predicted molar refractivity (Wildman–Crippen MR) is 92.7 cm³/mol. The van der Waals surface area contributed by atoms with Crippen molar-refractivity contribution in [3.8, 4) is 0 Å². The van der Waals surface area contributed by atoms with Crippen LogP contribution in [0.3, 0.4) is 0 Å². The van der Waals surface area contributed by atoms with Crippen LogP contribution in [0.4, 0.5) is 13.2 Å². The van der Waals surface area contributed by atoms with E-state index in [-0.39, 0.29) is 36.2 Å². The molecule has 2 amide bonds. The summed E-state index contributed by atoms with van der Waals surface area (Å²) in [6.07, 6.45) is -3.94. The van der Waals surface area contributed by atoms with E-state index in [1.165, 1.54) is 21.9 Å². The fourth-order valence-corrected chi connectivity index (χ4v) is 2.93. The summed E-state index contributed by atoms with van der Waals surface area (Å²) in [4.78, 5) is 39.2. The number of alkyl halides is 3. The number of nitrogens with zero attached hydrogens (tertiary/aromatic N) is 3. The number of aromatic nitrogens is 2. The van der Waals surface area contributed by atoms with Gasteiger partial charge < -0.3 is 9.80 Å². The van der Waals surface area contributed by atoms with Crippen LogP contribution in [-0.2, 0) is 6.18 Å². The Morgan fingerprint density at radius 3 is 2.04 bits per heavy atom. The van der Waals surface area contributed by atoms with Gasteiger partial charge >= 0.3 is 6.18 Å². The fraction of sp³-hybridized carbons (Fsp3) is 0.333. The molecule has 7 nitrogen and oxygen atoms in total. The van der Waals surface area contributed by atoms with Gasteiger partial charge in [-0.25, -0.2) is 5.10 Å². The molecule has 1 N–H and O–H groups in total. The van der Waals surface area contributed by atoms with E-state index in [0.717, 1.165) is 24.3 Å². The first kappa shape index (κ1) is 19.6. The van der Waals surface area contributed by atoms with Gasteiger partial charge in [0, 0.05) is 37.8 Å². The Balaban J connectivity index is 1.66. The van der Waals surface area contributed by atoms with Crippen LogP contribution < -0.4 is 5.56 Å². The molecule has 148 valence electrons. The summed E-state index contributed by atoms with van der Waals surface area (Å²) < 4.78 is 38.0. The highest BCUT2D eigenvalue weighted by molar-refractivity contribution is 5.94. The minimum absolute atomic E-state index is 0.0992. The molecule has 1 saturated heterocycles. The predicted octanol–water partition coefficient (Wildman–Crippen LogP) is 1.78. The standard InChI is InChI=1S/C18H17F3N4O3/c19-18(20,21)13-4-2-12(3-5-13)16(27)24-8-1-9-25(11-10-24)17(28)14-6-7-15(26)23-22-14/h2-7H,1,8-11H2,(H,23,26). The SMILES string of the molecule is O=C(c1ccc(C(F)(F)F)cc1)N1CCCN(C(=O)c2ccc(=O)[nH]n2)CC1. The highest BCUT2D eigenvalue weighted by Gasteiger charge is 2.30. The average molecular weight is 394 g/mol. The molecule has 0 bridgehead atoms. The van der Waals surface area contributed by atoms with Crippen molar-refractivity contribution in [2.45, 2.75) is 12.6 Å². The van der Waals surface area contributed by atoms with Gasteiger partial charge in [-0.05, 0) is 36.8 Å². The number of benzene rings is 1. The molecule has 28 heavy (non-hydrogen) atoms. The van der Waals surface area contributed by atoms with Gasteiger partial charge in [0.15, 0.2) is 0 Å². The molecule has 1 aliphatic rings. The monoisotopic (exact) mass is 394 g/mol. The summed E-state index contributed by atoms with van der Waals surface area (Å²) in [5.41, 5.74) is -0.969. The summed E-state index contributed by atoms with van der Waals surface area (Å²) in [7, 11) is 0. The van der Waals surface area contributed by atoms with Crippen LogP contribution in [0, 0.1) is 0 Å². The number of H-pyrrole nitrogens is 1. The average Bonchev–Trinajstić information content (AvgIpc) is 2.93. The lowest BCUT2D eigenvalue weighted by Gasteiger charge is -2.22. The summed E-state index contributed by atoms with van der Waals surface area (Å²) in [6, 6.07) is 6.60. The van der Waals surface area contributed by atoms with Crippen molar-refractivity contribution in [2.24, 2.45) is 0 Å². The summed E-state index contributed by atoms with van der Waals surface area (Å²) in [5, 5.41) is 5.91. The van der Waals surface area contributed by atoms with Crippen molar-refractivity contribution in [2.75, 3.05) is 26.2 Å². The highest BCUT2D eigenvalue weighted by Crippen LogP contribution is 2.29. The Morgan fingerprint density at radius 2 is 1.50 bits per heavy atom. The number of carbonyl (C=O) groups excluding carboxylic acids is 2. The number of aromatic amines is 1. The second-order valence-corrected chi connectivity index (χ2v) is 6.32. The van der Waals surface area contributed by atoms with E-state index in [0.29, 0.717) is 19.5 Å². The summed E-state index contributed by atoms with van der Waals surface area (Å²) in [5.74, 6) is -0.745. The van der Waals surface area contributed by atoms with Crippen molar-refractivity contribution in [1.29, 1.82) is 0 Å².